The van der Waals surface area contributed by atoms with Gasteiger partial charge in [0.05, 0.1) is 17.4 Å². The first-order chi connectivity index (χ1) is 16.2. The summed E-state index contributed by atoms with van der Waals surface area (Å²) in [6.45, 7) is 4.11. The quantitative estimate of drug-likeness (QED) is 0.594. The number of nitrogens with zero attached hydrogens (tertiary/aromatic N) is 3. The zero-order chi connectivity index (χ0) is 24.3. The van der Waals surface area contributed by atoms with E-state index in [1.54, 1.807) is 36.4 Å². The van der Waals surface area contributed by atoms with E-state index in [0.29, 0.717) is 62.8 Å². The van der Waals surface area contributed by atoms with E-state index < -0.39 is 9.84 Å². The Morgan fingerprint density at radius 2 is 1.62 bits per heavy atom. The van der Waals surface area contributed by atoms with Gasteiger partial charge >= 0.3 is 0 Å². The van der Waals surface area contributed by atoms with Crippen molar-refractivity contribution in [3.8, 4) is 5.75 Å². The minimum absolute atomic E-state index is 0.0617. The van der Waals surface area contributed by atoms with E-state index in [2.05, 4.69) is 10.2 Å². The van der Waals surface area contributed by atoms with Crippen molar-refractivity contribution < 1.29 is 23.1 Å². The number of carbonyl (C=O) groups is 2. The van der Waals surface area contributed by atoms with E-state index >= 15 is 0 Å². The molecule has 2 aromatic carbocycles. The van der Waals surface area contributed by atoms with Crippen LogP contribution in [0.2, 0.25) is 0 Å². The molecule has 0 aliphatic carbocycles. The minimum atomic E-state index is -3.22. The van der Waals surface area contributed by atoms with E-state index in [1.807, 2.05) is 9.80 Å². The second-order valence-electron chi connectivity index (χ2n) is 8.89. The molecule has 9 nitrogen and oxygen atoms in total. The summed E-state index contributed by atoms with van der Waals surface area (Å²) in [5.41, 5.74) is 1.59. The Morgan fingerprint density at radius 1 is 0.971 bits per heavy atom. The predicted octanol–water partition coefficient (Wildman–Crippen LogP) is 1.40. The van der Waals surface area contributed by atoms with E-state index in [-0.39, 0.29) is 23.5 Å². The van der Waals surface area contributed by atoms with Crippen molar-refractivity contribution in [2.24, 2.45) is 5.92 Å². The van der Waals surface area contributed by atoms with Gasteiger partial charge in [-0.2, -0.15) is 0 Å². The third-order valence-corrected chi connectivity index (χ3v) is 7.53. The number of phenols is 1. The second kappa shape index (κ2) is 10.0. The van der Waals surface area contributed by atoms with Gasteiger partial charge in [0.2, 0.25) is 11.8 Å². The number of piperazine rings is 1. The number of anilines is 2. The number of amides is 2. The number of hydrogen-bond donors (Lipinski definition) is 2. The van der Waals surface area contributed by atoms with E-state index in [0.717, 1.165) is 5.69 Å². The maximum atomic E-state index is 12.8. The summed E-state index contributed by atoms with van der Waals surface area (Å²) >= 11 is 0. The molecule has 10 heteroatoms. The van der Waals surface area contributed by atoms with Crippen LogP contribution in [0.5, 0.6) is 5.75 Å². The molecule has 2 aliphatic rings. The molecule has 1 atom stereocenters. The minimum Gasteiger partial charge on any atom is -0.508 e. The third kappa shape index (κ3) is 5.87. The van der Waals surface area contributed by atoms with Gasteiger partial charge in [-0.15, -0.1) is 0 Å². The fourth-order valence-corrected chi connectivity index (χ4v) is 5.02. The molecule has 0 spiro atoms. The highest BCUT2D eigenvalue weighted by Crippen LogP contribution is 2.22. The van der Waals surface area contributed by atoms with Crippen molar-refractivity contribution in [1.82, 2.24) is 9.80 Å². The summed E-state index contributed by atoms with van der Waals surface area (Å²) < 4.78 is 23.3. The SMILES string of the molecule is CS(=O)(=O)c1ccc(N2CCN(C(=O)CN3CC[C@H](C(=O)Nc4ccc(O)cc4)C3)CC2)cc1. The molecule has 2 saturated heterocycles. The fraction of sp³-hybridized carbons (Fsp3) is 0.417. The predicted molar refractivity (Wildman–Crippen MR) is 130 cm³/mol. The number of sulfone groups is 1. The molecule has 0 saturated carbocycles. The zero-order valence-corrected chi connectivity index (χ0v) is 20.0. The van der Waals surface area contributed by atoms with Crippen molar-refractivity contribution in [1.29, 1.82) is 0 Å². The summed E-state index contributed by atoms with van der Waals surface area (Å²) in [5, 5.41) is 12.2. The first-order valence-electron chi connectivity index (χ1n) is 11.3. The van der Waals surface area contributed by atoms with Crippen LogP contribution in [0.3, 0.4) is 0 Å². The Balaban J connectivity index is 1.23. The van der Waals surface area contributed by atoms with Crippen LogP contribution in [0.15, 0.2) is 53.4 Å². The monoisotopic (exact) mass is 486 g/mol. The van der Waals surface area contributed by atoms with Gasteiger partial charge in [0, 0.05) is 50.4 Å². The molecule has 0 unspecified atom stereocenters. The van der Waals surface area contributed by atoms with Gasteiger partial charge in [0.1, 0.15) is 5.75 Å². The number of likely N-dealkylation sites (tertiary alicyclic amines) is 1. The van der Waals surface area contributed by atoms with Crippen LogP contribution >= 0.6 is 0 Å². The standard InChI is InChI=1S/C24H30N4O5S/c1-34(32,33)22-8-4-20(5-9-22)27-12-14-28(15-13-27)23(30)17-26-11-10-18(16-26)24(31)25-19-2-6-21(29)7-3-19/h2-9,18,29H,10-17H2,1H3,(H,25,31)/t18-/m0/s1. The molecular weight excluding hydrogens is 456 g/mol. The summed E-state index contributed by atoms with van der Waals surface area (Å²) in [7, 11) is -3.22. The number of rotatable bonds is 6. The summed E-state index contributed by atoms with van der Waals surface area (Å²) in [5.74, 6) is -0.0367. The van der Waals surface area contributed by atoms with Crippen molar-refractivity contribution in [3.63, 3.8) is 0 Å². The zero-order valence-electron chi connectivity index (χ0n) is 19.2. The van der Waals surface area contributed by atoms with Gasteiger partial charge in [-0.25, -0.2) is 8.42 Å². The Hall–Kier alpha value is -3.11. The van der Waals surface area contributed by atoms with Crippen LogP contribution in [-0.2, 0) is 19.4 Å². The van der Waals surface area contributed by atoms with Crippen LogP contribution in [0.25, 0.3) is 0 Å². The third-order valence-electron chi connectivity index (χ3n) is 6.40. The van der Waals surface area contributed by atoms with Crippen LogP contribution in [-0.4, -0.2) is 87.2 Å². The number of carbonyl (C=O) groups excluding carboxylic acids is 2. The van der Waals surface area contributed by atoms with Crippen LogP contribution in [0, 0.1) is 5.92 Å². The van der Waals surface area contributed by atoms with Crippen molar-refractivity contribution in [3.05, 3.63) is 48.5 Å². The Bertz CT molecular complexity index is 1130. The summed E-state index contributed by atoms with van der Waals surface area (Å²) in [6.07, 6.45) is 1.89. The van der Waals surface area contributed by atoms with Gasteiger partial charge in [-0.3, -0.25) is 14.5 Å². The number of benzene rings is 2. The van der Waals surface area contributed by atoms with Gasteiger partial charge in [-0.1, -0.05) is 0 Å². The van der Waals surface area contributed by atoms with Gasteiger partial charge in [0.15, 0.2) is 9.84 Å². The Labute approximate surface area is 199 Å². The summed E-state index contributed by atoms with van der Waals surface area (Å²) in [4.78, 5) is 31.7. The fourth-order valence-electron chi connectivity index (χ4n) is 4.39. The first-order valence-corrected chi connectivity index (χ1v) is 13.2. The molecule has 2 amide bonds. The first kappa shape index (κ1) is 24.0. The Morgan fingerprint density at radius 3 is 2.24 bits per heavy atom. The lowest BCUT2D eigenvalue weighted by Crippen LogP contribution is -2.51. The highest BCUT2D eigenvalue weighted by Gasteiger charge is 2.31. The molecule has 0 radical (unpaired) electrons. The van der Waals surface area contributed by atoms with Crippen molar-refractivity contribution in [2.75, 3.05) is 62.3 Å². The van der Waals surface area contributed by atoms with E-state index in [4.69, 9.17) is 0 Å². The Kier molecular flexibility index (Phi) is 7.08. The molecule has 2 N–H and O–H groups in total. The van der Waals surface area contributed by atoms with Gasteiger partial charge in [0.25, 0.3) is 0 Å². The van der Waals surface area contributed by atoms with Crippen LogP contribution in [0.1, 0.15) is 6.42 Å². The maximum absolute atomic E-state index is 12.8. The van der Waals surface area contributed by atoms with Gasteiger partial charge < -0.3 is 20.2 Å². The smallest absolute Gasteiger partial charge is 0.236 e. The van der Waals surface area contributed by atoms with Gasteiger partial charge in [-0.05, 0) is 61.5 Å². The maximum Gasteiger partial charge on any atom is 0.236 e. The summed E-state index contributed by atoms with van der Waals surface area (Å²) in [6, 6.07) is 13.2. The number of phenolic OH excluding ortho intramolecular Hbond substituents is 1. The lowest BCUT2D eigenvalue weighted by atomic mass is 10.1. The molecule has 2 aliphatic heterocycles. The molecule has 2 aromatic rings. The largest absolute Gasteiger partial charge is 0.508 e. The number of hydrogen-bond acceptors (Lipinski definition) is 7. The van der Waals surface area contributed by atoms with Crippen molar-refractivity contribution >= 4 is 33.0 Å². The lowest BCUT2D eigenvalue weighted by Gasteiger charge is -2.36. The molecule has 2 heterocycles. The van der Waals surface area contributed by atoms with Crippen LogP contribution < -0.4 is 10.2 Å². The topological polar surface area (TPSA) is 110 Å². The number of nitrogens with one attached hydrogen (secondary N) is 1. The van der Waals surface area contributed by atoms with Crippen molar-refractivity contribution in [2.45, 2.75) is 11.3 Å². The molecule has 34 heavy (non-hydrogen) atoms. The number of aromatic hydroxyl groups is 1. The molecule has 0 bridgehead atoms. The highest BCUT2D eigenvalue weighted by molar-refractivity contribution is 7.90. The normalized spacial score (nSPS) is 19.3. The molecule has 0 aromatic heterocycles. The highest BCUT2D eigenvalue weighted by atomic mass is 32.2. The average molecular weight is 487 g/mol. The molecule has 4 rings (SSSR count). The second-order valence-corrected chi connectivity index (χ2v) is 10.9. The molecular formula is C24H30N4O5S. The van der Waals surface area contributed by atoms with E-state index in [9.17, 15) is 23.1 Å². The van der Waals surface area contributed by atoms with E-state index in [1.165, 1.54) is 18.4 Å². The molecule has 2 fully saturated rings. The average Bonchev–Trinajstić information content (AvgIpc) is 3.29. The molecule has 182 valence electrons. The lowest BCUT2D eigenvalue weighted by molar-refractivity contribution is -0.132. The van der Waals surface area contributed by atoms with Crippen LogP contribution in [0.4, 0.5) is 11.4 Å².